The second-order valence-corrected chi connectivity index (χ2v) is 9.92. The number of hydrogen-bond donors (Lipinski definition) is 2. The van der Waals surface area contributed by atoms with Crippen LogP contribution in [-0.2, 0) is 20.8 Å². The maximum atomic E-state index is 13.6. The molecule has 1 aliphatic rings. The van der Waals surface area contributed by atoms with Crippen LogP contribution >= 0.6 is 0 Å². The van der Waals surface area contributed by atoms with Crippen molar-refractivity contribution in [3.05, 3.63) is 12.4 Å². The van der Waals surface area contributed by atoms with Crippen molar-refractivity contribution in [1.29, 1.82) is 0 Å². The Kier molecular flexibility index (Phi) is 11.1. The highest BCUT2D eigenvalue weighted by Crippen LogP contribution is 2.32. The third kappa shape index (κ3) is 8.11. The van der Waals surface area contributed by atoms with Gasteiger partial charge < -0.3 is 24.9 Å². The van der Waals surface area contributed by atoms with Gasteiger partial charge in [0, 0.05) is 12.8 Å². The molecular formula is C27H40FN5O4. The van der Waals surface area contributed by atoms with Gasteiger partial charge in [0.2, 0.25) is 0 Å². The molecule has 2 aromatic rings. The van der Waals surface area contributed by atoms with Gasteiger partial charge in [-0.15, -0.1) is 6.42 Å². The number of rotatable bonds is 16. The predicted octanol–water partition coefficient (Wildman–Crippen LogP) is 4.31. The van der Waals surface area contributed by atoms with Gasteiger partial charge in [0.15, 0.2) is 17.1 Å². The third-order valence-corrected chi connectivity index (χ3v) is 6.94. The average molecular weight is 518 g/mol. The van der Waals surface area contributed by atoms with Crippen LogP contribution in [0.25, 0.3) is 11.2 Å². The van der Waals surface area contributed by atoms with E-state index in [-0.39, 0.29) is 42.5 Å². The second-order valence-electron chi connectivity index (χ2n) is 9.92. The first kappa shape index (κ1) is 28.8. The summed E-state index contributed by atoms with van der Waals surface area (Å²) >= 11 is 0. The molecule has 0 aromatic carbocycles. The summed E-state index contributed by atoms with van der Waals surface area (Å²) in [6.07, 6.45) is 18.4. The van der Waals surface area contributed by atoms with Gasteiger partial charge in [0.1, 0.15) is 18.2 Å². The van der Waals surface area contributed by atoms with E-state index < -0.39 is 23.9 Å². The number of fused-ring (bicyclic) bond motifs is 1. The number of unbranched alkanes of at least 4 members (excludes halogenated alkanes) is 10. The molecule has 3 heterocycles. The minimum atomic E-state index is -1.44. The molecule has 3 atom stereocenters. The van der Waals surface area contributed by atoms with Crippen molar-refractivity contribution in [2.24, 2.45) is 0 Å². The van der Waals surface area contributed by atoms with Gasteiger partial charge in [-0.05, 0) is 6.42 Å². The predicted molar refractivity (Wildman–Crippen MR) is 139 cm³/mol. The number of halogens is 1. The number of ether oxygens (including phenoxy) is 2. The minimum Gasteiger partial charge on any atom is -0.461 e. The van der Waals surface area contributed by atoms with Crippen LogP contribution in [0.15, 0.2) is 6.33 Å². The molecular weight excluding hydrogens is 477 g/mol. The number of nitrogens with two attached hydrogens (primary N) is 1. The Morgan fingerprint density at radius 3 is 2.51 bits per heavy atom. The van der Waals surface area contributed by atoms with Gasteiger partial charge in [-0.3, -0.25) is 4.79 Å². The number of aromatic nitrogens is 4. The van der Waals surface area contributed by atoms with Crippen molar-refractivity contribution in [3.63, 3.8) is 0 Å². The number of carbonyl (C=O) groups is 1. The molecule has 3 rings (SSSR count). The standard InChI is InChI=1S/C27H40FN5O4/c1-3-5-6-7-8-9-10-11-12-13-14-15-22(35)36-18-27(4-2)21(34)16-20(37-27)17-33-19-30-23-24(29)31-26(28)32-25(23)33/h2,19-21,34H,3,5-18H2,1H3,(H2,29,31,32)/t20-,21+,27-/m1/s1. The number of esters is 1. The minimum absolute atomic E-state index is 0.0590. The number of hydrogen-bond acceptors (Lipinski definition) is 8. The van der Waals surface area contributed by atoms with Crippen LogP contribution in [0.3, 0.4) is 0 Å². The molecule has 0 amide bonds. The van der Waals surface area contributed by atoms with Crippen molar-refractivity contribution in [3.8, 4) is 12.3 Å². The summed E-state index contributed by atoms with van der Waals surface area (Å²) in [6, 6.07) is 0. The van der Waals surface area contributed by atoms with Crippen LogP contribution < -0.4 is 5.73 Å². The molecule has 1 aliphatic heterocycles. The molecule has 204 valence electrons. The van der Waals surface area contributed by atoms with Crippen molar-refractivity contribution >= 4 is 23.0 Å². The third-order valence-electron chi connectivity index (χ3n) is 6.94. The SMILES string of the molecule is C#C[C@]1(COC(=O)CCCCCCCCCCCCC)O[C@@H](Cn2cnc3c(N)nc(F)nc32)C[C@@H]1O. The number of aliphatic hydroxyl groups excluding tert-OH is 1. The van der Waals surface area contributed by atoms with Crippen molar-refractivity contribution in [2.75, 3.05) is 12.3 Å². The Hall–Kier alpha value is -2.77. The first-order valence-electron chi connectivity index (χ1n) is 13.5. The molecule has 0 aliphatic carbocycles. The molecule has 0 bridgehead atoms. The molecule has 37 heavy (non-hydrogen) atoms. The number of nitrogen functional groups attached to an aromatic ring is 1. The van der Waals surface area contributed by atoms with Gasteiger partial charge >= 0.3 is 12.0 Å². The zero-order valence-corrected chi connectivity index (χ0v) is 21.8. The molecule has 1 saturated heterocycles. The van der Waals surface area contributed by atoms with Crippen LogP contribution in [0.4, 0.5) is 10.2 Å². The Balaban J connectivity index is 1.37. The summed E-state index contributed by atoms with van der Waals surface area (Å²) in [5.41, 5.74) is 4.77. The van der Waals surface area contributed by atoms with Crippen LogP contribution in [0.1, 0.15) is 90.4 Å². The fourth-order valence-corrected chi connectivity index (χ4v) is 4.76. The molecule has 0 spiro atoms. The highest BCUT2D eigenvalue weighted by atomic mass is 19.1. The van der Waals surface area contributed by atoms with E-state index in [1.165, 1.54) is 57.7 Å². The largest absolute Gasteiger partial charge is 0.461 e. The molecule has 10 heteroatoms. The summed E-state index contributed by atoms with van der Waals surface area (Å²) in [5.74, 6) is 2.07. The van der Waals surface area contributed by atoms with Gasteiger partial charge in [0.05, 0.1) is 19.0 Å². The quantitative estimate of drug-likeness (QED) is 0.146. The van der Waals surface area contributed by atoms with E-state index in [1.807, 2.05) is 0 Å². The lowest BCUT2D eigenvalue weighted by atomic mass is 9.98. The average Bonchev–Trinajstić information content (AvgIpc) is 3.41. The molecule has 3 N–H and O–H groups in total. The number of carbonyl (C=O) groups excluding carboxylic acids is 1. The first-order chi connectivity index (χ1) is 17.9. The zero-order valence-electron chi connectivity index (χ0n) is 21.8. The van der Waals surface area contributed by atoms with Gasteiger partial charge in [0.25, 0.3) is 0 Å². The lowest BCUT2D eigenvalue weighted by Gasteiger charge is -2.26. The summed E-state index contributed by atoms with van der Waals surface area (Å²) in [5, 5.41) is 10.6. The van der Waals surface area contributed by atoms with Crippen LogP contribution in [-0.4, -0.2) is 55.0 Å². The van der Waals surface area contributed by atoms with Crippen LogP contribution in [0.2, 0.25) is 0 Å². The Bertz CT molecular complexity index is 1060. The van der Waals surface area contributed by atoms with Crippen LogP contribution in [0, 0.1) is 18.4 Å². The fourth-order valence-electron chi connectivity index (χ4n) is 4.76. The van der Waals surface area contributed by atoms with E-state index in [0.717, 1.165) is 19.3 Å². The maximum absolute atomic E-state index is 13.6. The van der Waals surface area contributed by atoms with E-state index in [9.17, 15) is 14.3 Å². The van der Waals surface area contributed by atoms with Crippen molar-refractivity contribution in [1.82, 2.24) is 19.5 Å². The highest BCUT2D eigenvalue weighted by molar-refractivity contribution is 5.81. The molecule has 0 radical (unpaired) electrons. The first-order valence-corrected chi connectivity index (χ1v) is 13.5. The second kappa shape index (κ2) is 14.2. The number of anilines is 1. The Morgan fingerprint density at radius 2 is 1.86 bits per heavy atom. The number of terminal acetylenes is 1. The topological polar surface area (TPSA) is 125 Å². The van der Waals surface area contributed by atoms with E-state index in [4.69, 9.17) is 21.6 Å². The normalized spacial score (nSPS) is 21.4. The molecule has 9 nitrogen and oxygen atoms in total. The number of aliphatic hydroxyl groups is 1. The van der Waals surface area contributed by atoms with E-state index in [2.05, 4.69) is 27.8 Å². The maximum Gasteiger partial charge on any atom is 0.312 e. The zero-order chi connectivity index (χ0) is 26.7. The smallest absolute Gasteiger partial charge is 0.312 e. The summed E-state index contributed by atoms with van der Waals surface area (Å²) in [4.78, 5) is 23.6. The summed E-state index contributed by atoms with van der Waals surface area (Å²) in [6.45, 7) is 2.21. The molecule has 0 unspecified atom stereocenters. The summed E-state index contributed by atoms with van der Waals surface area (Å²) in [7, 11) is 0. The number of nitrogens with zero attached hydrogens (tertiary/aromatic N) is 4. The van der Waals surface area contributed by atoms with Gasteiger partial charge in [-0.1, -0.05) is 77.1 Å². The van der Waals surface area contributed by atoms with E-state index in [1.54, 1.807) is 4.57 Å². The van der Waals surface area contributed by atoms with E-state index >= 15 is 0 Å². The lowest BCUT2D eigenvalue weighted by Crippen LogP contribution is -2.43. The fraction of sp³-hybridized carbons (Fsp3) is 0.704. The Morgan fingerprint density at radius 1 is 1.22 bits per heavy atom. The van der Waals surface area contributed by atoms with Gasteiger partial charge in [-0.2, -0.15) is 14.4 Å². The lowest BCUT2D eigenvalue weighted by molar-refractivity contribution is -0.154. The van der Waals surface area contributed by atoms with Crippen molar-refractivity contribution < 1.29 is 23.8 Å². The summed E-state index contributed by atoms with van der Waals surface area (Å²) < 4.78 is 26.6. The van der Waals surface area contributed by atoms with Gasteiger partial charge in [-0.25, -0.2) is 4.98 Å². The monoisotopic (exact) mass is 517 g/mol. The molecule has 2 aromatic heterocycles. The van der Waals surface area contributed by atoms with Crippen LogP contribution in [0.5, 0.6) is 0 Å². The number of imidazole rings is 1. The van der Waals surface area contributed by atoms with E-state index in [0.29, 0.717) is 6.42 Å². The van der Waals surface area contributed by atoms with Crippen molar-refractivity contribution in [2.45, 2.75) is 115 Å². The molecule has 1 fully saturated rings. The molecule has 0 saturated carbocycles. The highest BCUT2D eigenvalue weighted by Gasteiger charge is 2.48. The Labute approximate surface area is 218 Å².